The van der Waals surface area contributed by atoms with Gasteiger partial charge in [-0.15, -0.1) is 13.2 Å². The number of aliphatic hydroxyl groups is 1. The van der Waals surface area contributed by atoms with E-state index in [1.807, 2.05) is 0 Å². The van der Waals surface area contributed by atoms with Crippen molar-refractivity contribution < 1.29 is 60.0 Å². The largest absolute Gasteiger partial charge is 0.573 e. The zero-order valence-electron chi connectivity index (χ0n) is 19.4. The second-order valence-electron chi connectivity index (χ2n) is 8.14. The van der Waals surface area contributed by atoms with Crippen LogP contribution < -0.4 is 19.6 Å². The molecule has 1 fully saturated rings. The molecule has 1 aliphatic heterocycles. The number of carbonyl (C=O) groups is 2. The van der Waals surface area contributed by atoms with Gasteiger partial charge >= 0.3 is 24.3 Å². The predicted octanol–water partition coefficient (Wildman–Crippen LogP) is 1.89. The molecular weight excluding hydrogens is 528 g/mol. The molecular formula is C23H21F6N3O6. The maximum atomic E-state index is 13.1. The van der Waals surface area contributed by atoms with E-state index < -0.39 is 30.0 Å². The fourth-order valence-electron chi connectivity index (χ4n) is 3.73. The molecule has 4 rings (SSSR count). The van der Waals surface area contributed by atoms with E-state index in [0.29, 0.717) is 37.3 Å². The maximum Gasteiger partial charge on any atom is 0.573 e. The first-order chi connectivity index (χ1) is 17.8. The van der Waals surface area contributed by atoms with Crippen LogP contribution in [-0.2, 0) is 9.53 Å². The molecule has 1 amide bonds. The van der Waals surface area contributed by atoms with Gasteiger partial charge < -0.3 is 29.8 Å². The molecule has 3 aromatic rings. The van der Waals surface area contributed by atoms with Crippen LogP contribution in [0.25, 0.3) is 16.8 Å². The highest BCUT2D eigenvalue weighted by atomic mass is 19.4. The molecule has 1 saturated heterocycles. The van der Waals surface area contributed by atoms with Crippen molar-refractivity contribution in [3.8, 4) is 17.0 Å². The number of rotatable bonds is 5. The number of fused-ring (bicyclic) bond motifs is 1. The number of aromatic nitrogens is 2. The van der Waals surface area contributed by atoms with Gasteiger partial charge in [-0.1, -0.05) is 18.2 Å². The van der Waals surface area contributed by atoms with Gasteiger partial charge in [0.25, 0.3) is 0 Å². The fraction of sp³-hybridized carbons (Fsp3) is 0.348. The number of H-pyrrole nitrogens is 1. The average molecular weight is 549 g/mol. The molecule has 3 N–H and O–H groups in total. The lowest BCUT2D eigenvalue weighted by Gasteiger charge is -2.35. The van der Waals surface area contributed by atoms with Gasteiger partial charge in [0.2, 0.25) is 0 Å². The summed E-state index contributed by atoms with van der Waals surface area (Å²) >= 11 is 0. The highest BCUT2D eigenvalue weighted by Gasteiger charge is 2.38. The Hall–Kier alpha value is -3.85. The van der Waals surface area contributed by atoms with Crippen LogP contribution in [0, 0.1) is 0 Å². The molecule has 0 bridgehead atoms. The number of carboxylic acid groups (broad SMARTS) is 1. The summed E-state index contributed by atoms with van der Waals surface area (Å²) < 4.78 is 81.3. The summed E-state index contributed by atoms with van der Waals surface area (Å²) in [5, 5.41) is 21.5. The number of halogens is 6. The topological polar surface area (TPSA) is 128 Å². The molecule has 2 aromatic heterocycles. The summed E-state index contributed by atoms with van der Waals surface area (Å²) in [5.41, 5.74) is 0.136. The summed E-state index contributed by atoms with van der Waals surface area (Å²) in [6, 6.07) is 10.8. The molecule has 1 aliphatic rings. The number of pyridine rings is 1. The lowest BCUT2D eigenvalue weighted by molar-refractivity contribution is -0.514. The minimum Gasteiger partial charge on any atom is -0.542 e. The molecule has 0 spiro atoms. The number of hydrogen-bond acceptors (Lipinski definition) is 6. The number of imidazole rings is 1. The van der Waals surface area contributed by atoms with Gasteiger partial charge in [-0.25, -0.2) is 4.98 Å². The molecule has 9 nitrogen and oxygen atoms in total. The lowest BCUT2D eigenvalue weighted by Crippen LogP contribution is -2.55. The maximum absolute atomic E-state index is 13.1. The van der Waals surface area contributed by atoms with Gasteiger partial charge in [-0.3, -0.25) is 4.79 Å². The van der Waals surface area contributed by atoms with Crippen LogP contribution in [0.2, 0.25) is 0 Å². The first-order valence-corrected chi connectivity index (χ1v) is 10.9. The van der Waals surface area contributed by atoms with Gasteiger partial charge in [-0.2, -0.15) is 17.6 Å². The number of carbonyl (C=O) groups excluding carboxylic acids is 2. The predicted molar refractivity (Wildman–Crippen MR) is 114 cm³/mol. The number of aliphatic hydroxyl groups excluding tert-OH is 1. The molecule has 0 atom stereocenters. The molecule has 206 valence electrons. The van der Waals surface area contributed by atoms with E-state index in [2.05, 4.69) is 15.0 Å². The number of para-hydroxylation sites is 1. The number of carboxylic acids is 1. The number of amides is 1. The van der Waals surface area contributed by atoms with Crippen LogP contribution >= 0.6 is 0 Å². The minimum absolute atomic E-state index is 0.117. The summed E-state index contributed by atoms with van der Waals surface area (Å²) in [7, 11) is 0. The van der Waals surface area contributed by atoms with Gasteiger partial charge in [0.15, 0.2) is 11.2 Å². The minimum atomic E-state index is -5.19. The van der Waals surface area contributed by atoms with E-state index in [0.717, 1.165) is 0 Å². The number of nitrogens with zero attached hydrogens (tertiary/aromatic N) is 1. The number of nitrogens with one attached hydrogen (secondary N) is 2. The standard InChI is InChI=1S/C21H20F3N3O4.C2HF3O2/c22-21(23,24)31-16-7-2-1-5-14(16)17-15-6-3-4-10-27(15)18(25-17)19(29)26-20(13-28)8-11-30-12-9-20;3-2(4,5)1(6)7/h1-7,10,28H,8-9,11-13H2,(H,26,29);(H,6,7). The van der Waals surface area contributed by atoms with Crippen molar-refractivity contribution in [2.24, 2.45) is 0 Å². The molecule has 0 unspecified atom stereocenters. The number of hydrogen-bond donors (Lipinski definition) is 3. The zero-order chi connectivity index (χ0) is 28.1. The van der Waals surface area contributed by atoms with Gasteiger partial charge in [-0.05, 0) is 37.1 Å². The van der Waals surface area contributed by atoms with Gasteiger partial charge in [0.1, 0.15) is 11.7 Å². The normalized spacial score (nSPS) is 15.3. The number of alkyl halides is 6. The first kappa shape index (κ1) is 28.7. The Kier molecular flexibility index (Phi) is 8.51. The van der Waals surface area contributed by atoms with E-state index in [-0.39, 0.29) is 23.7 Å². The third kappa shape index (κ3) is 6.92. The fourth-order valence-corrected chi connectivity index (χ4v) is 3.73. The monoisotopic (exact) mass is 549 g/mol. The van der Waals surface area contributed by atoms with Crippen LogP contribution in [-0.4, -0.2) is 59.9 Å². The third-order valence-electron chi connectivity index (χ3n) is 5.56. The van der Waals surface area contributed by atoms with Crippen molar-refractivity contribution in [3.63, 3.8) is 0 Å². The summed E-state index contributed by atoms with van der Waals surface area (Å²) in [4.78, 5) is 24.9. The van der Waals surface area contributed by atoms with Crippen molar-refractivity contribution in [2.45, 2.75) is 30.9 Å². The van der Waals surface area contributed by atoms with Crippen LogP contribution in [0.1, 0.15) is 23.5 Å². The van der Waals surface area contributed by atoms with Crippen molar-refractivity contribution in [2.75, 3.05) is 19.8 Å². The third-order valence-corrected chi connectivity index (χ3v) is 5.56. The van der Waals surface area contributed by atoms with Crippen molar-refractivity contribution in [1.82, 2.24) is 10.3 Å². The number of ether oxygens (including phenoxy) is 2. The lowest BCUT2D eigenvalue weighted by atomic mass is 9.91. The summed E-state index contributed by atoms with van der Waals surface area (Å²) in [6.45, 7) is 0.570. The SMILES string of the molecule is O=C(NC1(CO)CCOCC1)c1[nH]c(-c2ccccc2OC(F)(F)F)c2cccc[n+]12.O=C([O-])C(F)(F)F. The highest BCUT2D eigenvalue weighted by Crippen LogP contribution is 2.34. The van der Waals surface area contributed by atoms with Crippen molar-refractivity contribution >= 4 is 17.4 Å². The number of aliphatic carboxylic acids is 1. The van der Waals surface area contributed by atoms with E-state index >= 15 is 0 Å². The molecule has 0 aliphatic carbocycles. The van der Waals surface area contributed by atoms with Crippen LogP contribution in [0.5, 0.6) is 5.75 Å². The second-order valence-corrected chi connectivity index (χ2v) is 8.14. The molecule has 15 heteroatoms. The van der Waals surface area contributed by atoms with E-state index in [1.165, 1.54) is 18.2 Å². The Bertz CT molecular complexity index is 1280. The molecule has 3 heterocycles. The van der Waals surface area contributed by atoms with E-state index in [1.54, 1.807) is 34.9 Å². The van der Waals surface area contributed by atoms with Gasteiger partial charge in [0, 0.05) is 13.2 Å². The quantitative estimate of drug-likeness (QED) is 0.330. The van der Waals surface area contributed by atoms with Gasteiger partial charge in [0.05, 0.1) is 23.9 Å². The Morgan fingerprint density at radius 3 is 2.26 bits per heavy atom. The van der Waals surface area contributed by atoms with Crippen LogP contribution in [0.15, 0.2) is 48.7 Å². The molecule has 1 aromatic carbocycles. The Morgan fingerprint density at radius 2 is 1.68 bits per heavy atom. The first-order valence-electron chi connectivity index (χ1n) is 10.9. The Balaban J connectivity index is 0.000000505. The summed E-state index contributed by atoms with van der Waals surface area (Å²) in [5.74, 6) is -3.76. The van der Waals surface area contributed by atoms with Crippen LogP contribution in [0.3, 0.4) is 0 Å². The molecule has 0 radical (unpaired) electrons. The Morgan fingerprint density at radius 1 is 1.08 bits per heavy atom. The molecule has 0 saturated carbocycles. The van der Waals surface area contributed by atoms with E-state index in [9.17, 15) is 36.2 Å². The highest BCUT2D eigenvalue weighted by molar-refractivity contribution is 5.92. The van der Waals surface area contributed by atoms with Crippen molar-refractivity contribution in [3.05, 3.63) is 54.5 Å². The van der Waals surface area contributed by atoms with Crippen molar-refractivity contribution in [1.29, 1.82) is 0 Å². The van der Waals surface area contributed by atoms with Crippen LogP contribution in [0.4, 0.5) is 26.3 Å². The average Bonchev–Trinajstić information content (AvgIpc) is 3.23. The Labute approximate surface area is 210 Å². The van der Waals surface area contributed by atoms with E-state index in [4.69, 9.17) is 14.6 Å². The smallest absolute Gasteiger partial charge is 0.542 e. The number of aromatic amines is 1. The second kappa shape index (κ2) is 11.3. The zero-order valence-corrected chi connectivity index (χ0v) is 19.4. The molecule has 38 heavy (non-hydrogen) atoms. The number of benzene rings is 1. The summed E-state index contributed by atoms with van der Waals surface area (Å²) in [6.07, 6.45) is -7.52.